The SMILES string of the molecule is CCc1cc(C(O)C(C)(CO)C(=O)O)cc(CC)c1C(O)C(C)(CO)C(=O)O. The molecule has 1 aromatic rings. The van der Waals surface area contributed by atoms with Crippen molar-refractivity contribution in [1.82, 2.24) is 0 Å². The van der Waals surface area contributed by atoms with E-state index in [0.29, 0.717) is 29.5 Å². The van der Waals surface area contributed by atoms with Crippen LogP contribution in [-0.4, -0.2) is 55.8 Å². The Labute approximate surface area is 164 Å². The first-order chi connectivity index (χ1) is 12.9. The van der Waals surface area contributed by atoms with Crippen LogP contribution in [-0.2, 0) is 22.4 Å². The lowest BCUT2D eigenvalue weighted by molar-refractivity contribution is -0.160. The maximum Gasteiger partial charge on any atom is 0.314 e. The minimum absolute atomic E-state index is 0.254. The summed E-state index contributed by atoms with van der Waals surface area (Å²) in [7, 11) is 0. The van der Waals surface area contributed by atoms with Crippen LogP contribution in [0.4, 0.5) is 0 Å². The molecular weight excluding hydrogens is 368 g/mol. The number of aliphatic carboxylic acids is 2. The Morgan fingerprint density at radius 1 is 0.857 bits per heavy atom. The van der Waals surface area contributed by atoms with Crippen LogP contribution in [0.15, 0.2) is 12.1 Å². The number of aryl methyl sites for hydroxylation is 2. The molecule has 8 heteroatoms. The van der Waals surface area contributed by atoms with E-state index in [9.17, 15) is 40.2 Å². The quantitative estimate of drug-likeness (QED) is 0.341. The zero-order chi connectivity index (χ0) is 21.9. The molecule has 0 bridgehead atoms. The summed E-state index contributed by atoms with van der Waals surface area (Å²) < 4.78 is 0. The fourth-order valence-electron chi connectivity index (χ4n) is 3.13. The third kappa shape index (κ3) is 4.05. The maximum absolute atomic E-state index is 11.6. The summed E-state index contributed by atoms with van der Waals surface area (Å²) in [6.07, 6.45) is -2.26. The van der Waals surface area contributed by atoms with E-state index in [-0.39, 0.29) is 5.56 Å². The molecule has 0 aliphatic heterocycles. The molecule has 0 fully saturated rings. The Hall–Kier alpha value is -2.00. The smallest absolute Gasteiger partial charge is 0.314 e. The van der Waals surface area contributed by atoms with Gasteiger partial charge < -0.3 is 30.6 Å². The average molecular weight is 398 g/mol. The molecule has 0 radical (unpaired) electrons. The molecule has 4 atom stereocenters. The maximum atomic E-state index is 11.6. The predicted molar refractivity (Wildman–Crippen MR) is 101 cm³/mol. The van der Waals surface area contributed by atoms with Gasteiger partial charge in [-0.05, 0) is 48.9 Å². The molecule has 0 amide bonds. The molecule has 4 unspecified atom stereocenters. The molecule has 0 aliphatic carbocycles. The van der Waals surface area contributed by atoms with Gasteiger partial charge in [-0.2, -0.15) is 0 Å². The molecule has 6 N–H and O–H groups in total. The van der Waals surface area contributed by atoms with Gasteiger partial charge in [-0.3, -0.25) is 9.59 Å². The van der Waals surface area contributed by atoms with Crippen molar-refractivity contribution in [3.8, 4) is 0 Å². The largest absolute Gasteiger partial charge is 0.481 e. The van der Waals surface area contributed by atoms with Gasteiger partial charge in [-0.1, -0.05) is 26.0 Å². The number of rotatable bonds is 10. The van der Waals surface area contributed by atoms with E-state index in [1.54, 1.807) is 13.8 Å². The molecule has 0 saturated heterocycles. The molecular formula is C20H30O8. The first kappa shape index (κ1) is 24.0. The molecule has 0 aromatic heterocycles. The van der Waals surface area contributed by atoms with Crippen LogP contribution in [0.25, 0.3) is 0 Å². The van der Waals surface area contributed by atoms with Crippen LogP contribution < -0.4 is 0 Å². The number of aliphatic hydroxyl groups is 4. The Bertz CT molecular complexity index is 706. The van der Waals surface area contributed by atoms with E-state index in [1.165, 1.54) is 26.0 Å². The number of aliphatic hydroxyl groups excluding tert-OH is 4. The second-order valence-electron chi connectivity index (χ2n) is 7.53. The first-order valence-corrected chi connectivity index (χ1v) is 9.14. The van der Waals surface area contributed by atoms with Gasteiger partial charge in [0.25, 0.3) is 0 Å². The third-order valence-electron chi connectivity index (χ3n) is 5.57. The van der Waals surface area contributed by atoms with Crippen molar-refractivity contribution in [3.63, 3.8) is 0 Å². The second kappa shape index (κ2) is 9.00. The number of benzene rings is 1. The van der Waals surface area contributed by atoms with Gasteiger partial charge in [0, 0.05) is 0 Å². The monoisotopic (exact) mass is 398 g/mol. The molecule has 8 nitrogen and oxygen atoms in total. The summed E-state index contributed by atoms with van der Waals surface area (Å²) in [6, 6.07) is 3.03. The molecule has 158 valence electrons. The Balaban J connectivity index is 3.65. The second-order valence-corrected chi connectivity index (χ2v) is 7.53. The van der Waals surface area contributed by atoms with Crippen LogP contribution in [0, 0.1) is 10.8 Å². The Kier molecular flexibility index (Phi) is 7.73. The van der Waals surface area contributed by atoms with Crippen LogP contribution in [0.5, 0.6) is 0 Å². The number of carbonyl (C=O) groups is 2. The summed E-state index contributed by atoms with van der Waals surface area (Å²) in [5, 5.41) is 59.4. The van der Waals surface area contributed by atoms with Crippen LogP contribution in [0.2, 0.25) is 0 Å². The summed E-state index contributed by atoms with van der Waals surface area (Å²) in [6.45, 7) is 4.48. The molecule has 0 aliphatic rings. The van der Waals surface area contributed by atoms with Crippen molar-refractivity contribution in [3.05, 3.63) is 34.4 Å². The van der Waals surface area contributed by atoms with Gasteiger partial charge in [-0.25, -0.2) is 0 Å². The van der Waals surface area contributed by atoms with E-state index in [0.717, 1.165) is 0 Å². The zero-order valence-corrected chi connectivity index (χ0v) is 16.6. The molecule has 1 rings (SSSR count). The molecule has 0 heterocycles. The minimum Gasteiger partial charge on any atom is -0.481 e. The molecule has 28 heavy (non-hydrogen) atoms. The average Bonchev–Trinajstić information content (AvgIpc) is 2.69. The van der Waals surface area contributed by atoms with Crippen molar-refractivity contribution >= 4 is 11.9 Å². The number of hydrogen-bond acceptors (Lipinski definition) is 6. The lowest BCUT2D eigenvalue weighted by Crippen LogP contribution is -2.39. The summed E-state index contributed by atoms with van der Waals surface area (Å²) in [5.41, 5.74) is -1.98. The fourth-order valence-corrected chi connectivity index (χ4v) is 3.13. The summed E-state index contributed by atoms with van der Waals surface area (Å²) in [4.78, 5) is 23.2. The Morgan fingerprint density at radius 2 is 1.21 bits per heavy atom. The van der Waals surface area contributed by atoms with E-state index >= 15 is 0 Å². The first-order valence-electron chi connectivity index (χ1n) is 9.14. The summed E-state index contributed by atoms with van der Waals surface area (Å²) in [5.74, 6) is -2.71. The van der Waals surface area contributed by atoms with Crippen LogP contribution in [0.3, 0.4) is 0 Å². The highest BCUT2D eigenvalue weighted by atomic mass is 16.4. The van der Waals surface area contributed by atoms with E-state index in [1.807, 2.05) is 0 Å². The highest BCUT2D eigenvalue weighted by Gasteiger charge is 2.44. The van der Waals surface area contributed by atoms with Crippen molar-refractivity contribution in [2.75, 3.05) is 13.2 Å². The van der Waals surface area contributed by atoms with Gasteiger partial charge in [0.2, 0.25) is 0 Å². The highest BCUT2D eigenvalue weighted by molar-refractivity contribution is 5.76. The van der Waals surface area contributed by atoms with Crippen LogP contribution in [0.1, 0.15) is 62.2 Å². The normalized spacial score (nSPS) is 18.0. The van der Waals surface area contributed by atoms with Gasteiger partial charge in [0.1, 0.15) is 10.8 Å². The van der Waals surface area contributed by atoms with Gasteiger partial charge in [-0.15, -0.1) is 0 Å². The topological polar surface area (TPSA) is 156 Å². The lowest BCUT2D eigenvalue weighted by Gasteiger charge is -2.33. The van der Waals surface area contributed by atoms with Crippen molar-refractivity contribution in [2.24, 2.45) is 10.8 Å². The fraction of sp³-hybridized carbons (Fsp3) is 0.600. The van der Waals surface area contributed by atoms with Crippen LogP contribution >= 0.6 is 0 Å². The van der Waals surface area contributed by atoms with Crippen molar-refractivity contribution < 1.29 is 40.2 Å². The minimum atomic E-state index is -1.82. The lowest BCUT2D eigenvalue weighted by atomic mass is 9.75. The summed E-state index contributed by atoms with van der Waals surface area (Å²) >= 11 is 0. The number of hydrogen-bond donors (Lipinski definition) is 6. The highest BCUT2D eigenvalue weighted by Crippen LogP contribution is 2.41. The van der Waals surface area contributed by atoms with Crippen molar-refractivity contribution in [1.29, 1.82) is 0 Å². The molecule has 1 aromatic carbocycles. The van der Waals surface area contributed by atoms with Gasteiger partial charge in [0.15, 0.2) is 0 Å². The Morgan fingerprint density at radius 3 is 1.50 bits per heavy atom. The molecule has 0 saturated carbocycles. The number of carboxylic acids is 2. The standard InChI is InChI=1S/C20H30O8/c1-5-11-7-13(15(23)19(3,9-21)17(25)26)8-12(6-2)14(11)16(24)20(4,10-22)18(27)28/h7-8,15-16,21-24H,5-6,9-10H2,1-4H3,(H,25,26)(H,27,28). The van der Waals surface area contributed by atoms with Gasteiger partial charge >= 0.3 is 11.9 Å². The van der Waals surface area contributed by atoms with E-state index in [4.69, 9.17) is 0 Å². The van der Waals surface area contributed by atoms with E-state index < -0.39 is 48.2 Å². The van der Waals surface area contributed by atoms with Gasteiger partial charge in [0.05, 0.1) is 25.4 Å². The van der Waals surface area contributed by atoms with Crippen molar-refractivity contribution in [2.45, 2.75) is 52.7 Å². The predicted octanol–water partition coefficient (Wildman–Crippen LogP) is 1.04. The third-order valence-corrected chi connectivity index (χ3v) is 5.57. The zero-order valence-electron chi connectivity index (χ0n) is 16.6. The molecule has 0 spiro atoms. The van der Waals surface area contributed by atoms with E-state index in [2.05, 4.69) is 0 Å². The number of carboxylic acid groups (broad SMARTS) is 2.